The summed E-state index contributed by atoms with van der Waals surface area (Å²) in [5.41, 5.74) is 7.88. The molecule has 0 saturated heterocycles. The first kappa shape index (κ1) is 23.7. The Labute approximate surface area is 192 Å². The number of hydrogen-bond donors (Lipinski definition) is 3. The Morgan fingerprint density at radius 3 is 2.24 bits per heavy atom. The van der Waals surface area contributed by atoms with Crippen LogP contribution in [0.5, 0.6) is 0 Å². The first-order chi connectivity index (χ1) is 15.6. The molecule has 0 radical (unpaired) electrons. The molecule has 3 rings (SSSR count). The molecule has 3 aromatic rings. The summed E-state index contributed by atoms with van der Waals surface area (Å²) in [6.45, 7) is 5.65. The lowest BCUT2D eigenvalue weighted by Crippen LogP contribution is -2.29. The van der Waals surface area contributed by atoms with E-state index < -0.39 is 26.5 Å². The van der Waals surface area contributed by atoms with Crippen molar-refractivity contribution in [1.82, 2.24) is 5.43 Å². The quantitative estimate of drug-likeness (QED) is 0.333. The van der Waals surface area contributed by atoms with Gasteiger partial charge in [-0.2, -0.15) is 0 Å². The highest BCUT2D eigenvalue weighted by Gasteiger charge is 2.22. The molecule has 33 heavy (non-hydrogen) atoms. The molecule has 0 aliphatic carbocycles. The van der Waals surface area contributed by atoms with Crippen molar-refractivity contribution in [2.45, 2.75) is 32.1 Å². The van der Waals surface area contributed by atoms with Crippen LogP contribution in [0.3, 0.4) is 0 Å². The summed E-state index contributed by atoms with van der Waals surface area (Å²) in [6, 6.07) is 15.6. The fraction of sp³-hybridized carbons (Fsp3) is 0.174. The molecule has 3 N–H and O–H groups in total. The van der Waals surface area contributed by atoms with E-state index in [-0.39, 0.29) is 10.6 Å². The third-order valence-electron chi connectivity index (χ3n) is 5.04. The topological polar surface area (TPSA) is 130 Å². The molecular weight excluding hydrogens is 444 g/mol. The molecule has 0 aromatic heterocycles. The number of hydrogen-bond acceptors (Lipinski definition) is 6. The van der Waals surface area contributed by atoms with E-state index in [1.54, 1.807) is 31.2 Å². The van der Waals surface area contributed by atoms with Crippen LogP contribution in [-0.2, 0) is 16.4 Å². The molecule has 0 unspecified atom stereocenters. The number of nitro benzene ring substituents is 1. The molecule has 0 aliphatic rings. The molecule has 1 amide bonds. The Bertz CT molecular complexity index is 1300. The van der Waals surface area contributed by atoms with Gasteiger partial charge in [-0.3, -0.25) is 30.5 Å². The van der Waals surface area contributed by atoms with E-state index >= 15 is 0 Å². The Balaban J connectivity index is 1.80. The summed E-state index contributed by atoms with van der Waals surface area (Å²) in [7, 11) is -4.07. The highest BCUT2D eigenvalue weighted by atomic mass is 32.2. The molecule has 0 fully saturated rings. The van der Waals surface area contributed by atoms with Crippen LogP contribution in [0.4, 0.5) is 17.1 Å². The number of hydrazine groups is 1. The number of aryl methyl sites for hydroxylation is 3. The van der Waals surface area contributed by atoms with Gasteiger partial charge in [-0.25, -0.2) is 8.42 Å². The monoisotopic (exact) mass is 468 g/mol. The molecule has 0 bridgehead atoms. The maximum absolute atomic E-state index is 12.8. The van der Waals surface area contributed by atoms with Crippen molar-refractivity contribution >= 4 is 33.0 Å². The summed E-state index contributed by atoms with van der Waals surface area (Å²) in [4.78, 5) is 22.9. The minimum Gasteiger partial charge on any atom is -0.292 e. The number of rotatable bonds is 8. The van der Waals surface area contributed by atoms with Crippen LogP contribution >= 0.6 is 0 Å². The second-order valence-corrected chi connectivity index (χ2v) is 9.17. The van der Waals surface area contributed by atoms with Crippen LogP contribution in [0.2, 0.25) is 0 Å². The largest absolute Gasteiger partial charge is 0.295 e. The minimum atomic E-state index is -4.07. The Morgan fingerprint density at radius 2 is 1.64 bits per heavy atom. The van der Waals surface area contributed by atoms with Gasteiger partial charge < -0.3 is 0 Å². The van der Waals surface area contributed by atoms with Gasteiger partial charge in [-0.1, -0.05) is 36.8 Å². The number of nitrogens with zero attached hydrogens (tertiary/aromatic N) is 1. The Morgan fingerprint density at radius 1 is 0.970 bits per heavy atom. The average Bonchev–Trinajstić information content (AvgIpc) is 2.79. The maximum atomic E-state index is 12.8. The number of nitrogens with one attached hydrogen (secondary N) is 3. The first-order valence-corrected chi connectivity index (χ1v) is 11.6. The van der Waals surface area contributed by atoms with Crippen LogP contribution in [0.1, 0.15) is 34.0 Å². The van der Waals surface area contributed by atoms with Crippen molar-refractivity contribution in [3.05, 3.63) is 93.0 Å². The smallest absolute Gasteiger partial charge is 0.292 e. The Hall–Kier alpha value is -3.92. The molecular formula is C23H24N4O5S. The van der Waals surface area contributed by atoms with E-state index in [1.165, 1.54) is 12.1 Å². The summed E-state index contributed by atoms with van der Waals surface area (Å²) in [5, 5.41) is 11.6. The number of sulfonamides is 1. The third kappa shape index (κ3) is 5.66. The lowest BCUT2D eigenvalue weighted by molar-refractivity contribution is -0.384. The van der Waals surface area contributed by atoms with E-state index in [0.29, 0.717) is 11.3 Å². The minimum absolute atomic E-state index is 0.0519. The van der Waals surface area contributed by atoms with Gasteiger partial charge in [0.1, 0.15) is 5.69 Å². The number of nitro groups is 1. The van der Waals surface area contributed by atoms with Crippen molar-refractivity contribution in [1.29, 1.82) is 0 Å². The van der Waals surface area contributed by atoms with E-state index in [2.05, 4.69) is 15.6 Å². The van der Waals surface area contributed by atoms with Gasteiger partial charge in [0, 0.05) is 11.6 Å². The average molecular weight is 469 g/mol. The predicted molar refractivity (Wildman–Crippen MR) is 127 cm³/mol. The zero-order valence-corrected chi connectivity index (χ0v) is 19.2. The van der Waals surface area contributed by atoms with Crippen LogP contribution in [0, 0.1) is 24.0 Å². The molecule has 0 spiro atoms. The normalized spacial score (nSPS) is 11.0. The van der Waals surface area contributed by atoms with Crippen molar-refractivity contribution in [2.24, 2.45) is 0 Å². The second kappa shape index (κ2) is 9.70. The lowest BCUT2D eigenvalue weighted by atomic mass is 10.1. The van der Waals surface area contributed by atoms with Gasteiger partial charge in [-0.15, -0.1) is 0 Å². The van der Waals surface area contributed by atoms with Crippen molar-refractivity contribution < 1.29 is 18.1 Å². The third-order valence-corrected chi connectivity index (χ3v) is 6.40. The predicted octanol–water partition coefficient (Wildman–Crippen LogP) is 4.33. The molecule has 9 nitrogen and oxygen atoms in total. The first-order valence-electron chi connectivity index (χ1n) is 10.1. The van der Waals surface area contributed by atoms with E-state index in [1.807, 2.05) is 32.0 Å². The highest BCUT2D eigenvalue weighted by Crippen LogP contribution is 2.29. The van der Waals surface area contributed by atoms with Crippen LogP contribution in [0.15, 0.2) is 65.6 Å². The highest BCUT2D eigenvalue weighted by molar-refractivity contribution is 7.92. The van der Waals surface area contributed by atoms with Gasteiger partial charge in [0.15, 0.2) is 0 Å². The van der Waals surface area contributed by atoms with Gasteiger partial charge >= 0.3 is 0 Å². The van der Waals surface area contributed by atoms with Gasteiger partial charge in [0.05, 0.1) is 15.5 Å². The molecule has 0 heterocycles. The Kier molecular flexibility index (Phi) is 6.98. The van der Waals surface area contributed by atoms with E-state index in [0.717, 1.165) is 29.2 Å². The zero-order chi connectivity index (χ0) is 24.2. The van der Waals surface area contributed by atoms with Crippen LogP contribution < -0.4 is 15.6 Å². The molecule has 0 saturated carbocycles. The fourth-order valence-corrected chi connectivity index (χ4v) is 4.31. The van der Waals surface area contributed by atoms with Crippen molar-refractivity contribution in [3.8, 4) is 0 Å². The summed E-state index contributed by atoms with van der Waals surface area (Å²) in [6.07, 6.45) is 0.833. The number of carbonyl (C=O) groups is 1. The molecule has 3 aromatic carbocycles. The standard InChI is InChI=1S/C23H24N4O5S/c1-4-17-6-8-18(9-7-17)23(28)25-24-21-12-10-19(14-22(21)27(29)30)33(31,32)26-20-11-5-15(2)13-16(20)3/h5-14,24,26H,4H2,1-3H3,(H,25,28). The zero-order valence-electron chi connectivity index (χ0n) is 18.4. The molecule has 0 aliphatic heterocycles. The summed E-state index contributed by atoms with van der Waals surface area (Å²) < 4.78 is 28.1. The lowest BCUT2D eigenvalue weighted by Gasteiger charge is -2.13. The van der Waals surface area contributed by atoms with E-state index in [9.17, 15) is 23.3 Å². The number of amides is 1. The molecule has 172 valence electrons. The van der Waals surface area contributed by atoms with Gasteiger partial charge in [0.25, 0.3) is 21.6 Å². The summed E-state index contributed by atoms with van der Waals surface area (Å²) >= 11 is 0. The maximum Gasteiger partial charge on any atom is 0.295 e. The van der Waals surface area contributed by atoms with Crippen molar-refractivity contribution in [3.63, 3.8) is 0 Å². The van der Waals surface area contributed by atoms with Gasteiger partial charge in [-0.05, 0) is 61.7 Å². The SMILES string of the molecule is CCc1ccc(C(=O)NNc2ccc(S(=O)(=O)Nc3ccc(C)cc3C)cc2[N+](=O)[O-])cc1. The number of carbonyl (C=O) groups excluding carboxylic acids is 1. The van der Waals surface area contributed by atoms with Crippen molar-refractivity contribution in [2.75, 3.05) is 10.1 Å². The fourth-order valence-electron chi connectivity index (χ4n) is 3.16. The second-order valence-electron chi connectivity index (χ2n) is 7.49. The van der Waals surface area contributed by atoms with Gasteiger partial charge in [0.2, 0.25) is 0 Å². The van der Waals surface area contributed by atoms with E-state index in [4.69, 9.17) is 0 Å². The van der Waals surface area contributed by atoms with Crippen LogP contribution in [-0.4, -0.2) is 19.2 Å². The molecule has 10 heteroatoms. The molecule has 0 atom stereocenters. The number of benzene rings is 3. The van der Waals surface area contributed by atoms with Crippen LogP contribution in [0.25, 0.3) is 0 Å². The summed E-state index contributed by atoms with van der Waals surface area (Å²) in [5.74, 6) is -0.486. The number of anilines is 2.